The standard InChI is InChI=1S/C12H12Cl2N4OS/c1-7-16-12(18-17-7)20-5-4-15-11(19)9-3-2-8(13)6-10(9)14/h2-3,6H,4-5H2,1H3,(H,15,19)(H,16,17,18). The number of rotatable bonds is 5. The van der Waals surface area contributed by atoms with Gasteiger partial charge in [0.1, 0.15) is 5.82 Å². The minimum atomic E-state index is -0.224. The van der Waals surface area contributed by atoms with Crippen LogP contribution in [0.4, 0.5) is 0 Å². The van der Waals surface area contributed by atoms with Gasteiger partial charge < -0.3 is 5.32 Å². The molecular weight excluding hydrogens is 319 g/mol. The van der Waals surface area contributed by atoms with Gasteiger partial charge in [0.25, 0.3) is 5.91 Å². The van der Waals surface area contributed by atoms with Crippen LogP contribution in [-0.2, 0) is 0 Å². The number of aromatic nitrogens is 3. The van der Waals surface area contributed by atoms with Crippen LogP contribution < -0.4 is 5.32 Å². The van der Waals surface area contributed by atoms with Crippen LogP contribution in [0.3, 0.4) is 0 Å². The van der Waals surface area contributed by atoms with Gasteiger partial charge in [-0.05, 0) is 25.1 Å². The van der Waals surface area contributed by atoms with Gasteiger partial charge in [0.2, 0.25) is 5.16 Å². The molecule has 0 spiro atoms. The summed E-state index contributed by atoms with van der Waals surface area (Å²) in [6.07, 6.45) is 0. The Morgan fingerprint density at radius 3 is 2.90 bits per heavy atom. The van der Waals surface area contributed by atoms with Crippen LogP contribution in [0.15, 0.2) is 23.4 Å². The highest BCUT2D eigenvalue weighted by atomic mass is 35.5. The minimum absolute atomic E-state index is 0.224. The number of halogens is 2. The van der Waals surface area contributed by atoms with Crippen molar-refractivity contribution in [3.8, 4) is 0 Å². The largest absolute Gasteiger partial charge is 0.351 e. The van der Waals surface area contributed by atoms with E-state index in [0.29, 0.717) is 33.1 Å². The molecule has 0 saturated carbocycles. The number of thioether (sulfide) groups is 1. The van der Waals surface area contributed by atoms with Gasteiger partial charge in [-0.2, -0.15) is 0 Å². The summed E-state index contributed by atoms with van der Waals surface area (Å²) >= 11 is 13.2. The number of hydrogen-bond donors (Lipinski definition) is 2. The van der Waals surface area contributed by atoms with E-state index in [-0.39, 0.29) is 5.91 Å². The third-order valence-corrected chi connectivity index (χ3v) is 3.77. The lowest BCUT2D eigenvalue weighted by Crippen LogP contribution is -2.26. The van der Waals surface area contributed by atoms with Gasteiger partial charge in [0, 0.05) is 17.3 Å². The van der Waals surface area contributed by atoms with Crippen LogP contribution in [0.1, 0.15) is 16.2 Å². The van der Waals surface area contributed by atoms with E-state index in [4.69, 9.17) is 23.2 Å². The fraction of sp³-hybridized carbons (Fsp3) is 0.250. The third-order valence-electron chi connectivity index (χ3n) is 2.37. The maximum Gasteiger partial charge on any atom is 0.252 e. The smallest absolute Gasteiger partial charge is 0.252 e. The van der Waals surface area contributed by atoms with Gasteiger partial charge in [0.05, 0.1) is 10.6 Å². The van der Waals surface area contributed by atoms with Crippen molar-refractivity contribution in [2.24, 2.45) is 0 Å². The number of aromatic amines is 1. The molecule has 1 heterocycles. The highest BCUT2D eigenvalue weighted by Crippen LogP contribution is 2.20. The summed E-state index contributed by atoms with van der Waals surface area (Å²) in [5.41, 5.74) is 0.412. The molecule has 0 bridgehead atoms. The SMILES string of the molecule is Cc1nc(SCCNC(=O)c2ccc(Cl)cc2Cl)n[nH]1. The Kier molecular flexibility index (Phi) is 5.28. The van der Waals surface area contributed by atoms with Crippen molar-refractivity contribution < 1.29 is 4.79 Å². The number of aryl methyl sites for hydroxylation is 1. The van der Waals surface area contributed by atoms with Crippen molar-refractivity contribution in [2.45, 2.75) is 12.1 Å². The number of hydrogen-bond acceptors (Lipinski definition) is 4. The van der Waals surface area contributed by atoms with E-state index in [1.807, 2.05) is 6.92 Å². The Morgan fingerprint density at radius 1 is 1.45 bits per heavy atom. The number of nitrogens with zero attached hydrogens (tertiary/aromatic N) is 2. The Bertz CT molecular complexity index is 617. The van der Waals surface area contributed by atoms with Crippen molar-refractivity contribution in [1.29, 1.82) is 0 Å². The molecule has 0 fully saturated rings. The summed E-state index contributed by atoms with van der Waals surface area (Å²) in [4.78, 5) is 16.1. The van der Waals surface area contributed by atoms with Crippen LogP contribution in [0.2, 0.25) is 10.0 Å². The fourth-order valence-corrected chi connectivity index (χ4v) is 2.66. The second-order valence-corrected chi connectivity index (χ2v) is 5.84. The molecule has 106 valence electrons. The Hall–Kier alpha value is -1.24. The first-order chi connectivity index (χ1) is 9.56. The second kappa shape index (κ2) is 6.97. The lowest BCUT2D eigenvalue weighted by Gasteiger charge is -2.06. The highest BCUT2D eigenvalue weighted by molar-refractivity contribution is 7.99. The maximum atomic E-state index is 11.9. The van der Waals surface area contributed by atoms with Crippen molar-refractivity contribution in [2.75, 3.05) is 12.3 Å². The summed E-state index contributed by atoms with van der Waals surface area (Å²) in [7, 11) is 0. The molecule has 0 aliphatic heterocycles. The molecule has 0 saturated heterocycles. The van der Waals surface area contributed by atoms with E-state index >= 15 is 0 Å². The molecule has 0 aliphatic carbocycles. The zero-order valence-corrected chi connectivity index (χ0v) is 12.9. The van der Waals surface area contributed by atoms with Gasteiger partial charge in [-0.25, -0.2) is 4.98 Å². The van der Waals surface area contributed by atoms with Crippen LogP contribution in [-0.4, -0.2) is 33.4 Å². The zero-order valence-electron chi connectivity index (χ0n) is 10.6. The molecule has 0 atom stereocenters. The highest BCUT2D eigenvalue weighted by Gasteiger charge is 2.10. The van der Waals surface area contributed by atoms with Gasteiger partial charge in [0.15, 0.2) is 0 Å². The molecule has 0 radical (unpaired) electrons. The van der Waals surface area contributed by atoms with Crippen LogP contribution in [0.5, 0.6) is 0 Å². The number of amides is 1. The number of H-pyrrole nitrogens is 1. The van der Waals surface area contributed by atoms with Crippen molar-refractivity contribution in [3.05, 3.63) is 39.6 Å². The number of carbonyl (C=O) groups excluding carboxylic acids is 1. The third kappa shape index (κ3) is 4.13. The summed E-state index contributed by atoms with van der Waals surface area (Å²) in [5, 5.41) is 11.0. The van der Waals surface area contributed by atoms with E-state index in [1.165, 1.54) is 11.8 Å². The molecule has 0 unspecified atom stereocenters. The number of nitrogens with one attached hydrogen (secondary N) is 2. The zero-order chi connectivity index (χ0) is 14.5. The first-order valence-corrected chi connectivity index (χ1v) is 7.55. The van der Waals surface area contributed by atoms with Gasteiger partial charge in [-0.1, -0.05) is 35.0 Å². The molecule has 2 aromatic rings. The number of carbonyl (C=O) groups is 1. The van der Waals surface area contributed by atoms with Crippen LogP contribution in [0, 0.1) is 6.92 Å². The quantitative estimate of drug-likeness (QED) is 0.653. The maximum absolute atomic E-state index is 11.9. The van der Waals surface area contributed by atoms with E-state index in [1.54, 1.807) is 18.2 Å². The first-order valence-electron chi connectivity index (χ1n) is 5.81. The molecule has 2 N–H and O–H groups in total. The van der Waals surface area contributed by atoms with E-state index in [0.717, 1.165) is 5.82 Å². The Balaban J connectivity index is 1.80. The topological polar surface area (TPSA) is 70.7 Å². The average Bonchev–Trinajstić information content (AvgIpc) is 2.80. The number of benzene rings is 1. The molecular formula is C12H12Cl2N4OS. The normalized spacial score (nSPS) is 10.6. The second-order valence-electron chi connectivity index (χ2n) is 3.93. The molecule has 1 aromatic heterocycles. The molecule has 20 heavy (non-hydrogen) atoms. The van der Waals surface area contributed by atoms with Crippen molar-refractivity contribution in [3.63, 3.8) is 0 Å². The molecule has 1 amide bonds. The summed E-state index contributed by atoms with van der Waals surface area (Å²) < 4.78 is 0. The Morgan fingerprint density at radius 2 is 2.25 bits per heavy atom. The van der Waals surface area contributed by atoms with E-state index < -0.39 is 0 Å². The minimum Gasteiger partial charge on any atom is -0.351 e. The van der Waals surface area contributed by atoms with Crippen LogP contribution in [0.25, 0.3) is 0 Å². The molecule has 0 aliphatic rings. The van der Waals surface area contributed by atoms with Crippen molar-refractivity contribution >= 4 is 40.9 Å². The van der Waals surface area contributed by atoms with Crippen molar-refractivity contribution in [1.82, 2.24) is 20.5 Å². The summed E-state index contributed by atoms with van der Waals surface area (Å²) in [6, 6.07) is 4.78. The molecule has 2 rings (SSSR count). The van der Waals surface area contributed by atoms with E-state index in [2.05, 4.69) is 20.5 Å². The predicted molar refractivity (Wildman–Crippen MR) is 80.6 cm³/mol. The molecule has 1 aromatic carbocycles. The summed E-state index contributed by atoms with van der Waals surface area (Å²) in [5.74, 6) is 1.22. The average molecular weight is 331 g/mol. The van der Waals surface area contributed by atoms with Gasteiger partial charge in [-0.15, -0.1) is 5.10 Å². The van der Waals surface area contributed by atoms with Gasteiger partial charge in [-0.3, -0.25) is 9.89 Å². The monoisotopic (exact) mass is 330 g/mol. The van der Waals surface area contributed by atoms with E-state index in [9.17, 15) is 4.79 Å². The summed E-state index contributed by atoms with van der Waals surface area (Å²) in [6.45, 7) is 2.33. The Labute approximate surface area is 130 Å². The molecule has 8 heteroatoms. The predicted octanol–water partition coefficient (Wildman–Crippen LogP) is 2.94. The van der Waals surface area contributed by atoms with Crippen LogP contribution >= 0.6 is 35.0 Å². The molecule has 5 nitrogen and oxygen atoms in total. The lowest BCUT2D eigenvalue weighted by molar-refractivity contribution is 0.0956. The fourth-order valence-electron chi connectivity index (χ4n) is 1.46. The van der Waals surface area contributed by atoms with Gasteiger partial charge >= 0.3 is 0 Å². The lowest BCUT2D eigenvalue weighted by atomic mass is 10.2. The first kappa shape index (κ1) is 15.2.